The Morgan fingerprint density at radius 3 is 0.792 bits per heavy atom. The second kappa shape index (κ2) is 38.7. The largest absolute Gasteiger partial charge is 0.437 e. The highest BCUT2D eigenvalue weighted by Crippen LogP contribution is 2.51. The van der Waals surface area contributed by atoms with Gasteiger partial charge < -0.3 is 22.1 Å². The summed E-state index contributed by atoms with van der Waals surface area (Å²) in [7, 11) is 10.0. The average Bonchev–Trinajstić information content (AvgIpc) is 1.60. The van der Waals surface area contributed by atoms with Crippen LogP contribution in [0.15, 0.2) is 290 Å². The number of aryl methyl sites for hydroxylation is 17. The van der Waals surface area contributed by atoms with Gasteiger partial charge in [0.05, 0.1) is 27.8 Å². The molecule has 25 aromatic rings. The summed E-state index contributed by atoms with van der Waals surface area (Å²) in [5, 5.41) is 22.1. The molecule has 1 atom stereocenters. The number of hydrogen-bond acceptors (Lipinski definition) is 10. The molecule has 0 spiro atoms. The van der Waals surface area contributed by atoms with Gasteiger partial charge in [0.25, 0.3) is 0 Å². The Morgan fingerprint density at radius 2 is 0.523 bits per heavy atom. The van der Waals surface area contributed by atoms with E-state index in [2.05, 4.69) is 254 Å². The van der Waals surface area contributed by atoms with Crippen LogP contribution in [0.25, 0.3) is 220 Å². The molecule has 2 fully saturated rings. The van der Waals surface area contributed by atoms with Crippen molar-refractivity contribution in [2.24, 2.45) is 35.2 Å². The van der Waals surface area contributed by atoms with Crippen molar-refractivity contribution in [3.8, 4) is 56.3 Å². The highest BCUT2D eigenvalue weighted by atomic mass is 16.4. The molecule has 15 nitrogen and oxygen atoms in total. The standard InChI is InChI=1S/C29H29N2O.C28H27N2O.2C26H25N2O.C25H23N2O/c1-18-13-14-24-27-23-12-8-7-11-22(23)19(2)26(28(27)32-29(24)30-18)25-17-21(15-16-31(25)3)20-9-5-4-6-10-20;1-17-12-13-23-26-22-11-7-6-10-21(22)18(2)25(27(26)31-28(23)29-17)24-16-20(14-15-30(24)3)19-8-4-5-9-19;2*1-15(2)18-12-13-28(5)22(14-18)23-17(4)19-8-6-7-9-20(19)24-21-11-10-16(3)27-26(21)29-25(23)24;1-14-12-21(27(5)13-15(14)2)22-17(4)18-8-6-7-9-19(18)23-20-11-10-16(3)26-25(20)28-24(22)23/h7-8,11-17,20H,4-6,9-10H2,1-3H3;6-7,10-16,19H,4-5,8-9H2,1-3H3;2*6-15H,1-5H3;6-13H,1-5H3/q5*+1/i20D;19D;1D3,15D;15D;2D3. The normalized spacial score (nSPS) is 15.3. The fraction of sp³-hybridized carbons (Fsp3) is 0.254. The van der Waals surface area contributed by atoms with Gasteiger partial charge in [-0.25, -0.2) is 47.8 Å². The molecule has 0 saturated heterocycles. The maximum atomic E-state index is 9.21. The van der Waals surface area contributed by atoms with E-state index in [0.717, 1.165) is 267 Å². The monoisotopic (exact) mass is 1970 g/mol. The summed E-state index contributed by atoms with van der Waals surface area (Å²) >= 11 is 0. The van der Waals surface area contributed by atoms with E-state index in [9.17, 15) is 1.37 Å². The van der Waals surface area contributed by atoms with E-state index in [4.69, 9.17) is 44.4 Å². The van der Waals surface area contributed by atoms with E-state index in [0.29, 0.717) is 45.3 Å². The molecule has 0 N–H and O–H groups in total. The van der Waals surface area contributed by atoms with Crippen LogP contribution in [0.4, 0.5) is 0 Å². The summed E-state index contributed by atoms with van der Waals surface area (Å²) in [5.74, 6) is -3.41. The highest BCUT2D eigenvalue weighted by molar-refractivity contribution is 6.28. The number of benzene rings is 10. The second-order valence-electron chi connectivity index (χ2n) is 41.4. The van der Waals surface area contributed by atoms with E-state index < -0.39 is 37.3 Å². The first-order chi connectivity index (χ1) is 75.8. The minimum Gasteiger partial charge on any atom is -0.437 e. The lowest BCUT2D eigenvalue weighted by Gasteiger charge is -2.22. The lowest BCUT2D eigenvalue weighted by atomic mass is 9.83. The zero-order valence-corrected chi connectivity index (χ0v) is 88.3. The summed E-state index contributed by atoms with van der Waals surface area (Å²) in [6.45, 7) is 23.0. The molecular formula is C134H129N10O5+5. The van der Waals surface area contributed by atoms with Crippen LogP contribution >= 0.6 is 0 Å². The maximum Gasteiger partial charge on any atom is 0.227 e. The van der Waals surface area contributed by atoms with Crippen molar-refractivity contribution in [3.05, 3.63) is 357 Å². The van der Waals surface area contributed by atoms with Gasteiger partial charge in [0.15, 0.2) is 58.9 Å². The van der Waals surface area contributed by atoms with E-state index in [-0.39, 0.29) is 0 Å². The summed E-state index contributed by atoms with van der Waals surface area (Å²) < 4.78 is 125. The Morgan fingerprint density at radius 1 is 0.275 bits per heavy atom. The van der Waals surface area contributed by atoms with Crippen molar-refractivity contribution in [2.75, 3.05) is 0 Å². The molecule has 0 amide bonds. The maximum absolute atomic E-state index is 9.21. The number of pyridine rings is 10. The van der Waals surface area contributed by atoms with Crippen molar-refractivity contribution in [1.82, 2.24) is 24.9 Å². The number of nitrogens with zero attached hydrogens (tertiary/aromatic N) is 10. The van der Waals surface area contributed by atoms with E-state index in [1.54, 1.807) is 12.3 Å². The molecular weight excluding hydrogens is 1830 g/mol. The van der Waals surface area contributed by atoms with Crippen LogP contribution in [0.5, 0.6) is 0 Å². The molecule has 27 rings (SSSR count). The molecule has 10 aromatic carbocycles. The molecule has 2 aliphatic carbocycles. The third-order valence-corrected chi connectivity index (χ3v) is 31.3. The van der Waals surface area contributed by atoms with Crippen molar-refractivity contribution in [3.63, 3.8) is 0 Å². The molecule has 0 aliphatic heterocycles. The summed E-state index contributed by atoms with van der Waals surface area (Å²) in [4.78, 5) is 23.3. The average molecular weight is 1970 g/mol. The summed E-state index contributed by atoms with van der Waals surface area (Å²) in [6, 6.07) is 81.1. The molecule has 149 heavy (non-hydrogen) atoms. The fourth-order valence-corrected chi connectivity index (χ4v) is 23.4. The third kappa shape index (κ3) is 16.9. The molecule has 0 radical (unpaired) electrons. The predicted octanol–water partition coefficient (Wildman–Crippen LogP) is 32.8. The molecule has 15 aromatic heterocycles. The van der Waals surface area contributed by atoms with E-state index in [1.807, 2.05) is 165 Å². The van der Waals surface area contributed by atoms with Crippen molar-refractivity contribution in [2.45, 2.75) is 192 Å². The summed E-state index contributed by atoms with van der Waals surface area (Å²) in [6.07, 6.45) is 19.3. The zero-order valence-electron chi connectivity index (χ0n) is 98.3. The number of fused-ring (bicyclic) bond motifs is 25. The second-order valence-corrected chi connectivity index (χ2v) is 41.4. The highest BCUT2D eigenvalue weighted by Gasteiger charge is 2.34. The quantitative estimate of drug-likeness (QED) is 0.128. The predicted molar refractivity (Wildman–Crippen MR) is 610 cm³/mol. The van der Waals surface area contributed by atoms with Crippen LogP contribution in [0.1, 0.15) is 212 Å². The van der Waals surface area contributed by atoms with Crippen LogP contribution in [0.2, 0.25) is 0 Å². The number of rotatable bonds is 9. The lowest BCUT2D eigenvalue weighted by Crippen LogP contribution is -2.31. The Labute approximate surface area is 883 Å². The van der Waals surface area contributed by atoms with Crippen molar-refractivity contribution in [1.29, 1.82) is 0 Å². The molecule has 15 heterocycles. The molecule has 15 heteroatoms. The van der Waals surface area contributed by atoms with Gasteiger partial charge in [-0.15, -0.1) is 0 Å². The molecule has 1 unspecified atom stereocenters. The minimum atomic E-state index is -2.46. The smallest absolute Gasteiger partial charge is 0.227 e. The number of aromatic nitrogens is 10. The van der Waals surface area contributed by atoms with E-state index in [1.165, 1.54) is 62.4 Å². The zero-order chi connectivity index (χ0) is 112. The topological polar surface area (TPSA) is 150 Å². The Kier molecular flexibility index (Phi) is 22.1. The molecule has 0 bridgehead atoms. The third-order valence-electron chi connectivity index (χ3n) is 31.3. The minimum absolute atomic E-state index is 0.357. The lowest BCUT2D eigenvalue weighted by molar-refractivity contribution is -0.660. The van der Waals surface area contributed by atoms with Gasteiger partial charge in [0.1, 0.15) is 35.2 Å². The molecule has 2 saturated carbocycles. The van der Waals surface area contributed by atoms with Gasteiger partial charge in [0, 0.05) is 156 Å². The van der Waals surface area contributed by atoms with Gasteiger partial charge in [0.2, 0.25) is 57.0 Å². The van der Waals surface area contributed by atoms with Crippen molar-refractivity contribution >= 4 is 164 Å². The Balaban J connectivity index is 0.000000107. The SMILES string of the molecule is [2H]C(C)(C)c1cc[n+](C)c(-c2c(C)c3ccccc3c3c2oc2nc(C)ccc23)c1.[2H]C([2H])([2H])C([2H])(C)c1cc[n+](C)c(-c2c(C)c3ccccc3c3c2oc2nc(C)ccc23)c1.[2H]C([2H])([2H])c1c[n+](C)c(-c2c(C)c3ccccc3c3c2oc2nc(C)ccc23)cc1C.[2H]C1(c2cc[n+](C)c(-c3c(C)c4ccccc4c4c3oc3nc(C)ccc34)c2)CCCC1.[2H]C1(c2cc[n+](C)c(-c3c(C)c4ccccc4c4c3oc3nc(C)ccc34)c2)CCCCC1. The van der Waals surface area contributed by atoms with Gasteiger partial charge in [-0.05, 0) is 302 Å². The first-order valence-corrected chi connectivity index (χ1v) is 51.9. The first-order valence-electron chi connectivity index (χ1n) is 56.9. The fourth-order valence-electron chi connectivity index (χ4n) is 23.4. The van der Waals surface area contributed by atoms with Gasteiger partial charge in [-0.2, -0.15) is 0 Å². The van der Waals surface area contributed by atoms with Crippen LogP contribution in [-0.4, -0.2) is 24.9 Å². The Bertz CT molecular complexity index is 10300. The summed E-state index contributed by atoms with van der Waals surface area (Å²) in [5.41, 5.74) is 32.4. The van der Waals surface area contributed by atoms with Crippen LogP contribution in [0.3, 0.4) is 0 Å². The Hall–Kier alpha value is -16.0. The first kappa shape index (κ1) is 85.1. The van der Waals surface area contributed by atoms with Crippen molar-refractivity contribution < 1.29 is 58.6 Å². The van der Waals surface area contributed by atoms with E-state index >= 15 is 0 Å². The van der Waals surface area contributed by atoms with Crippen LogP contribution in [-0.2, 0) is 35.2 Å². The number of hydrogen-bond donors (Lipinski definition) is 0. The van der Waals surface area contributed by atoms with Gasteiger partial charge >= 0.3 is 0 Å². The van der Waals surface area contributed by atoms with Crippen LogP contribution in [0, 0.1) is 83.0 Å². The van der Waals surface area contributed by atoms with Gasteiger partial charge in [-0.1, -0.05) is 181 Å². The molecule has 2 aliphatic rings. The number of furan rings is 5. The molecule has 740 valence electrons. The van der Waals surface area contributed by atoms with Gasteiger partial charge in [-0.3, -0.25) is 0 Å². The van der Waals surface area contributed by atoms with Crippen LogP contribution < -0.4 is 22.8 Å².